The van der Waals surface area contributed by atoms with Crippen LogP contribution < -0.4 is 5.32 Å². The van der Waals surface area contributed by atoms with Gasteiger partial charge in [-0.25, -0.2) is 4.79 Å². The van der Waals surface area contributed by atoms with Gasteiger partial charge >= 0.3 is 12.1 Å². The van der Waals surface area contributed by atoms with Gasteiger partial charge in [0.1, 0.15) is 6.61 Å². The molecular weight excluding hydrogens is 378 g/mol. The van der Waals surface area contributed by atoms with Gasteiger partial charge in [0.15, 0.2) is 0 Å². The van der Waals surface area contributed by atoms with E-state index in [9.17, 15) is 14.7 Å². The molecule has 0 bridgehead atoms. The van der Waals surface area contributed by atoms with Gasteiger partial charge in [-0.2, -0.15) is 0 Å². The molecule has 0 saturated heterocycles. The maximum absolute atomic E-state index is 12.6. The average molecular weight is 401 g/mol. The molecular formula is C25H23NO4. The van der Waals surface area contributed by atoms with Gasteiger partial charge < -0.3 is 15.2 Å². The fourth-order valence-corrected chi connectivity index (χ4v) is 4.17. The molecule has 30 heavy (non-hydrogen) atoms. The summed E-state index contributed by atoms with van der Waals surface area (Å²) in [7, 11) is 0. The van der Waals surface area contributed by atoms with Gasteiger partial charge in [-0.15, -0.1) is 0 Å². The Morgan fingerprint density at radius 3 is 2.10 bits per heavy atom. The minimum Gasteiger partial charge on any atom is -0.481 e. The second-order valence-corrected chi connectivity index (χ2v) is 7.48. The largest absolute Gasteiger partial charge is 0.481 e. The number of hydrogen-bond acceptors (Lipinski definition) is 3. The molecule has 3 aromatic rings. The Morgan fingerprint density at radius 2 is 1.50 bits per heavy atom. The highest BCUT2D eigenvalue weighted by Gasteiger charge is 2.29. The van der Waals surface area contributed by atoms with Crippen LogP contribution in [0, 0.1) is 6.92 Å². The zero-order valence-corrected chi connectivity index (χ0v) is 16.7. The number of ether oxygens (including phenoxy) is 1. The highest BCUT2D eigenvalue weighted by atomic mass is 16.5. The topological polar surface area (TPSA) is 75.6 Å². The lowest BCUT2D eigenvalue weighted by Gasteiger charge is -2.20. The Hall–Kier alpha value is -3.60. The quantitative estimate of drug-likeness (QED) is 0.606. The van der Waals surface area contributed by atoms with Crippen LogP contribution in [0.1, 0.15) is 40.6 Å². The SMILES string of the molecule is Cc1ccccc1[C@@H](CC(=O)O)NC(=O)OCC1c2ccccc2-c2ccccc21. The standard InChI is InChI=1S/C25H23NO4/c1-16-8-2-3-9-17(16)23(14-24(27)28)26-25(29)30-15-22-20-12-6-4-10-18(20)19-11-5-7-13-21(19)22/h2-13,22-23H,14-15H2,1H3,(H,26,29)(H,27,28)/t23-/m1/s1. The third-order valence-electron chi connectivity index (χ3n) is 5.58. The second-order valence-electron chi connectivity index (χ2n) is 7.48. The van der Waals surface area contributed by atoms with E-state index in [1.54, 1.807) is 0 Å². The van der Waals surface area contributed by atoms with E-state index in [0.717, 1.165) is 33.4 Å². The summed E-state index contributed by atoms with van der Waals surface area (Å²) in [4.78, 5) is 23.9. The first-order valence-corrected chi connectivity index (χ1v) is 9.93. The average Bonchev–Trinajstić information content (AvgIpc) is 3.06. The number of carbonyl (C=O) groups excluding carboxylic acids is 1. The zero-order valence-electron chi connectivity index (χ0n) is 16.7. The van der Waals surface area contributed by atoms with Gasteiger partial charge in [0.25, 0.3) is 0 Å². The van der Waals surface area contributed by atoms with Crippen LogP contribution in [-0.2, 0) is 9.53 Å². The molecule has 0 radical (unpaired) electrons. The van der Waals surface area contributed by atoms with Crippen molar-refractivity contribution in [2.75, 3.05) is 6.61 Å². The van der Waals surface area contributed by atoms with Crippen molar-refractivity contribution in [3.8, 4) is 11.1 Å². The van der Waals surface area contributed by atoms with Crippen molar-refractivity contribution < 1.29 is 19.4 Å². The summed E-state index contributed by atoms with van der Waals surface area (Å²) in [6.45, 7) is 2.08. The van der Waals surface area contributed by atoms with E-state index >= 15 is 0 Å². The Balaban J connectivity index is 1.49. The molecule has 2 N–H and O–H groups in total. The molecule has 5 nitrogen and oxygen atoms in total. The van der Waals surface area contributed by atoms with Crippen LogP contribution >= 0.6 is 0 Å². The van der Waals surface area contributed by atoms with Crippen molar-refractivity contribution >= 4 is 12.1 Å². The lowest BCUT2D eigenvalue weighted by atomic mass is 9.98. The zero-order chi connectivity index (χ0) is 21.1. The van der Waals surface area contributed by atoms with Crippen LogP contribution in [0.3, 0.4) is 0 Å². The third kappa shape index (κ3) is 3.92. The van der Waals surface area contributed by atoms with E-state index in [-0.39, 0.29) is 18.9 Å². The van der Waals surface area contributed by atoms with Gasteiger partial charge in [-0.3, -0.25) is 4.79 Å². The number of rotatable bonds is 6. The van der Waals surface area contributed by atoms with Gasteiger partial charge in [0.2, 0.25) is 0 Å². The summed E-state index contributed by atoms with van der Waals surface area (Å²) in [5, 5.41) is 12.0. The van der Waals surface area contributed by atoms with E-state index in [4.69, 9.17) is 4.74 Å². The predicted octanol–water partition coefficient (Wildman–Crippen LogP) is 5.05. The Kier molecular flexibility index (Phi) is 5.53. The maximum Gasteiger partial charge on any atom is 0.407 e. The Bertz CT molecular complexity index is 1050. The molecule has 1 aliphatic carbocycles. The monoisotopic (exact) mass is 401 g/mol. The number of carboxylic acids is 1. The Morgan fingerprint density at radius 1 is 0.933 bits per heavy atom. The van der Waals surface area contributed by atoms with Crippen molar-refractivity contribution in [3.05, 3.63) is 95.1 Å². The number of carboxylic acid groups (broad SMARTS) is 1. The lowest BCUT2D eigenvalue weighted by Crippen LogP contribution is -2.32. The Labute approximate surface area is 175 Å². The van der Waals surface area contributed by atoms with Crippen molar-refractivity contribution in [1.29, 1.82) is 0 Å². The van der Waals surface area contributed by atoms with Crippen molar-refractivity contribution in [1.82, 2.24) is 5.32 Å². The molecule has 0 heterocycles. The molecule has 0 saturated carbocycles. The molecule has 1 amide bonds. The molecule has 5 heteroatoms. The van der Waals surface area contributed by atoms with Gasteiger partial charge in [-0.05, 0) is 40.3 Å². The van der Waals surface area contributed by atoms with Crippen LogP contribution in [0.2, 0.25) is 0 Å². The first-order chi connectivity index (χ1) is 14.5. The van der Waals surface area contributed by atoms with E-state index < -0.39 is 18.1 Å². The van der Waals surface area contributed by atoms with Crippen molar-refractivity contribution in [2.24, 2.45) is 0 Å². The van der Waals surface area contributed by atoms with E-state index in [1.807, 2.05) is 55.5 Å². The molecule has 1 aliphatic rings. The second kappa shape index (κ2) is 8.41. The summed E-state index contributed by atoms with van der Waals surface area (Å²) in [5.74, 6) is -1.03. The highest BCUT2D eigenvalue weighted by Crippen LogP contribution is 2.44. The number of aliphatic carboxylic acids is 1. The maximum atomic E-state index is 12.6. The summed E-state index contributed by atoms with van der Waals surface area (Å²) in [6, 6.07) is 23.0. The van der Waals surface area contributed by atoms with E-state index in [2.05, 4.69) is 29.6 Å². The molecule has 0 fully saturated rings. The van der Waals surface area contributed by atoms with Crippen LogP contribution in [0.25, 0.3) is 11.1 Å². The molecule has 3 aromatic carbocycles. The third-order valence-corrected chi connectivity index (χ3v) is 5.58. The first-order valence-electron chi connectivity index (χ1n) is 9.93. The number of nitrogens with one attached hydrogen (secondary N) is 1. The number of carbonyl (C=O) groups is 2. The van der Waals surface area contributed by atoms with Crippen molar-refractivity contribution in [2.45, 2.75) is 25.3 Å². The molecule has 0 spiro atoms. The van der Waals surface area contributed by atoms with E-state index in [1.165, 1.54) is 0 Å². The number of alkyl carbamates (subject to hydrolysis) is 1. The van der Waals surface area contributed by atoms with E-state index in [0.29, 0.717) is 0 Å². The summed E-state index contributed by atoms with van der Waals surface area (Å²) >= 11 is 0. The lowest BCUT2D eigenvalue weighted by molar-refractivity contribution is -0.137. The first kappa shape index (κ1) is 19.7. The summed E-state index contributed by atoms with van der Waals surface area (Å²) in [6.07, 6.45) is -0.832. The fourth-order valence-electron chi connectivity index (χ4n) is 4.17. The number of fused-ring (bicyclic) bond motifs is 3. The number of hydrogen-bond donors (Lipinski definition) is 2. The smallest absolute Gasteiger partial charge is 0.407 e. The highest BCUT2D eigenvalue weighted by molar-refractivity contribution is 5.79. The van der Waals surface area contributed by atoms with Crippen LogP contribution in [-0.4, -0.2) is 23.8 Å². The molecule has 0 aromatic heterocycles. The fraction of sp³-hybridized carbons (Fsp3) is 0.200. The normalized spacial score (nSPS) is 13.2. The minimum atomic E-state index is -0.984. The minimum absolute atomic E-state index is 0.0421. The predicted molar refractivity (Wildman–Crippen MR) is 114 cm³/mol. The number of amides is 1. The van der Waals surface area contributed by atoms with Crippen LogP contribution in [0.4, 0.5) is 4.79 Å². The number of aryl methyl sites for hydroxylation is 1. The molecule has 1 atom stereocenters. The van der Waals surface area contributed by atoms with Crippen LogP contribution in [0.5, 0.6) is 0 Å². The summed E-state index contributed by atoms with van der Waals surface area (Å²) in [5.41, 5.74) is 6.27. The molecule has 0 unspecified atom stereocenters. The molecule has 152 valence electrons. The molecule has 4 rings (SSSR count). The van der Waals surface area contributed by atoms with Crippen LogP contribution in [0.15, 0.2) is 72.8 Å². The van der Waals surface area contributed by atoms with Crippen molar-refractivity contribution in [3.63, 3.8) is 0 Å². The molecule has 0 aliphatic heterocycles. The summed E-state index contributed by atoms with van der Waals surface area (Å²) < 4.78 is 5.57. The van der Waals surface area contributed by atoms with Gasteiger partial charge in [0, 0.05) is 5.92 Å². The number of benzene rings is 3. The van der Waals surface area contributed by atoms with Gasteiger partial charge in [0.05, 0.1) is 12.5 Å². The van der Waals surface area contributed by atoms with Gasteiger partial charge in [-0.1, -0.05) is 72.8 Å².